The first-order chi connectivity index (χ1) is 6.72. The predicted molar refractivity (Wildman–Crippen MR) is 61.2 cm³/mol. The molecule has 0 saturated carbocycles. The quantitative estimate of drug-likeness (QED) is 0.527. The molecule has 0 radical (unpaired) electrons. The lowest BCUT2D eigenvalue weighted by Gasteiger charge is -2.11. The van der Waals surface area contributed by atoms with Crippen molar-refractivity contribution in [1.29, 1.82) is 0 Å². The first-order valence-electron chi connectivity index (χ1n) is 5.33. The summed E-state index contributed by atoms with van der Waals surface area (Å²) in [5, 5.41) is 5.94. The summed E-state index contributed by atoms with van der Waals surface area (Å²) in [7, 11) is 3.68. The molecular weight excluding hydrogens is 178 g/mol. The number of primary amides is 1. The Hall–Kier alpha value is -0.610. The predicted octanol–water partition coefficient (Wildman–Crippen LogP) is 0.476. The Morgan fingerprint density at radius 2 is 1.86 bits per heavy atom. The monoisotopic (exact) mass is 203 g/mol. The van der Waals surface area contributed by atoms with E-state index < -0.39 is 0 Å². The lowest BCUT2D eigenvalue weighted by molar-refractivity contribution is -0.120. The third kappa shape index (κ3) is 9.48. The average molecular weight is 203 g/mol. The summed E-state index contributed by atoms with van der Waals surface area (Å²) in [5.41, 5.74) is 5.14. The van der Waals surface area contributed by atoms with E-state index in [9.17, 15) is 4.79 Å². The molecule has 0 aliphatic carbocycles. The van der Waals surface area contributed by atoms with Crippen LogP contribution in [0.2, 0.25) is 0 Å². The molecule has 0 rings (SSSR count). The van der Waals surface area contributed by atoms with Gasteiger partial charge in [-0.05, 0) is 33.5 Å². The smallest absolute Gasteiger partial charge is 0.234 e. The maximum atomic E-state index is 10.7. The molecule has 0 spiro atoms. The van der Waals surface area contributed by atoms with E-state index in [1.807, 2.05) is 20.9 Å². The molecule has 0 fully saturated rings. The van der Waals surface area contributed by atoms with Gasteiger partial charge < -0.3 is 16.4 Å². The third-order valence-corrected chi connectivity index (χ3v) is 1.86. The van der Waals surface area contributed by atoms with Crippen LogP contribution in [0.3, 0.4) is 0 Å². The molecule has 4 nitrogen and oxygen atoms in total. The van der Waals surface area contributed by atoms with Gasteiger partial charge in [0.2, 0.25) is 5.91 Å². The van der Waals surface area contributed by atoms with E-state index in [0.717, 1.165) is 25.8 Å². The Morgan fingerprint density at radius 1 is 1.29 bits per heavy atom. The fraction of sp³-hybridized carbons (Fsp3) is 0.900. The second-order valence-corrected chi connectivity index (χ2v) is 2.84. The molecule has 0 aromatic carbocycles. The highest BCUT2D eigenvalue weighted by molar-refractivity contribution is 5.79. The maximum Gasteiger partial charge on any atom is 0.234 e. The molecule has 0 bridgehead atoms. The first kappa shape index (κ1) is 15.8. The highest BCUT2D eigenvalue weighted by Crippen LogP contribution is 1.98. The van der Waals surface area contributed by atoms with Crippen molar-refractivity contribution in [2.75, 3.05) is 20.6 Å². The molecule has 4 N–H and O–H groups in total. The summed E-state index contributed by atoms with van der Waals surface area (Å²) in [6.07, 6.45) is 2.94. The van der Waals surface area contributed by atoms with Crippen molar-refractivity contribution < 1.29 is 4.79 Å². The fourth-order valence-corrected chi connectivity index (χ4v) is 1.08. The molecule has 4 heteroatoms. The minimum Gasteiger partial charge on any atom is -0.368 e. The molecule has 1 unspecified atom stereocenters. The summed E-state index contributed by atoms with van der Waals surface area (Å²) in [4.78, 5) is 10.7. The van der Waals surface area contributed by atoms with Gasteiger partial charge in [0.1, 0.15) is 0 Å². The number of likely N-dealkylation sites (N-methyl/N-ethyl adjacent to an activating group) is 1. The van der Waals surface area contributed by atoms with Crippen LogP contribution in [0.25, 0.3) is 0 Å². The molecule has 86 valence electrons. The molecule has 1 atom stereocenters. The van der Waals surface area contributed by atoms with Crippen molar-refractivity contribution >= 4 is 5.91 Å². The van der Waals surface area contributed by atoms with Crippen molar-refractivity contribution in [1.82, 2.24) is 10.6 Å². The summed E-state index contributed by atoms with van der Waals surface area (Å²) >= 11 is 0. The lowest BCUT2D eigenvalue weighted by Crippen LogP contribution is -2.39. The van der Waals surface area contributed by atoms with Crippen molar-refractivity contribution in [3.05, 3.63) is 0 Å². The van der Waals surface area contributed by atoms with Crippen molar-refractivity contribution in [3.8, 4) is 0 Å². The van der Waals surface area contributed by atoms with Crippen LogP contribution in [-0.4, -0.2) is 32.6 Å². The van der Waals surface area contributed by atoms with Crippen LogP contribution in [0.1, 0.15) is 33.1 Å². The van der Waals surface area contributed by atoms with E-state index in [2.05, 4.69) is 10.6 Å². The second-order valence-electron chi connectivity index (χ2n) is 2.84. The van der Waals surface area contributed by atoms with Gasteiger partial charge in [-0.3, -0.25) is 4.79 Å². The van der Waals surface area contributed by atoms with E-state index in [-0.39, 0.29) is 11.9 Å². The van der Waals surface area contributed by atoms with Gasteiger partial charge in [-0.2, -0.15) is 0 Å². The Kier molecular flexibility index (Phi) is 14.0. The van der Waals surface area contributed by atoms with Crippen LogP contribution < -0.4 is 16.4 Å². The van der Waals surface area contributed by atoms with Gasteiger partial charge in [0, 0.05) is 0 Å². The number of rotatable bonds is 7. The minimum absolute atomic E-state index is 0.165. The zero-order valence-electron chi connectivity index (χ0n) is 9.89. The van der Waals surface area contributed by atoms with E-state index >= 15 is 0 Å². The van der Waals surface area contributed by atoms with E-state index in [1.54, 1.807) is 7.05 Å². The molecule has 0 aromatic rings. The zero-order valence-corrected chi connectivity index (χ0v) is 9.89. The number of unbranched alkanes of at least 4 members (excludes halogenated alkanes) is 1. The van der Waals surface area contributed by atoms with Crippen LogP contribution in [0.5, 0.6) is 0 Å². The fourth-order valence-electron chi connectivity index (χ4n) is 1.08. The van der Waals surface area contributed by atoms with Gasteiger partial charge in [-0.1, -0.05) is 20.3 Å². The highest BCUT2D eigenvalue weighted by atomic mass is 16.1. The average Bonchev–Trinajstić information content (AvgIpc) is 2.20. The van der Waals surface area contributed by atoms with Gasteiger partial charge in [-0.25, -0.2) is 0 Å². The summed E-state index contributed by atoms with van der Waals surface area (Å²) in [5.74, 6) is -0.262. The minimum atomic E-state index is -0.262. The summed E-state index contributed by atoms with van der Waals surface area (Å²) in [6.45, 7) is 5.00. The second kappa shape index (κ2) is 12.4. The summed E-state index contributed by atoms with van der Waals surface area (Å²) in [6, 6.07) is -0.165. The van der Waals surface area contributed by atoms with E-state index in [1.165, 1.54) is 0 Å². The first-order valence-corrected chi connectivity index (χ1v) is 5.33. The van der Waals surface area contributed by atoms with Gasteiger partial charge in [0.15, 0.2) is 0 Å². The number of hydrogen-bond donors (Lipinski definition) is 3. The van der Waals surface area contributed by atoms with E-state index in [0.29, 0.717) is 0 Å². The highest BCUT2D eigenvalue weighted by Gasteiger charge is 2.10. The SMILES string of the molecule is CC.CNCCCCC(NC)C(N)=O. The van der Waals surface area contributed by atoms with Gasteiger partial charge in [0.25, 0.3) is 0 Å². The molecule has 0 heterocycles. The molecule has 0 aliphatic rings. The van der Waals surface area contributed by atoms with Crippen molar-refractivity contribution in [3.63, 3.8) is 0 Å². The topological polar surface area (TPSA) is 67.2 Å². The lowest BCUT2D eigenvalue weighted by atomic mass is 10.1. The molecular formula is C10H25N3O. The standard InChI is InChI=1S/C8H19N3O.C2H6/c1-10-6-4-3-5-7(11-2)8(9)12;1-2/h7,10-11H,3-6H2,1-2H3,(H2,9,12);1-2H3. The van der Waals surface area contributed by atoms with Crippen LogP contribution in [0.15, 0.2) is 0 Å². The van der Waals surface area contributed by atoms with Crippen LogP contribution in [0.4, 0.5) is 0 Å². The van der Waals surface area contributed by atoms with Crippen molar-refractivity contribution in [2.24, 2.45) is 5.73 Å². The molecule has 0 aliphatic heterocycles. The normalized spacial score (nSPS) is 11.4. The Morgan fingerprint density at radius 3 is 2.21 bits per heavy atom. The van der Waals surface area contributed by atoms with Crippen LogP contribution >= 0.6 is 0 Å². The Labute approximate surface area is 87.6 Å². The van der Waals surface area contributed by atoms with E-state index in [4.69, 9.17) is 5.73 Å². The molecule has 1 amide bonds. The number of carbonyl (C=O) groups excluding carboxylic acids is 1. The van der Waals surface area contributed by atoms with Crippen LogP contribution in [0, 0.1) is 0 Å². The maximum absolute atomic E-state index is 10.7. The van der Waals surface area contributed by atoms with Crippen molar-refractivity contribution in [2.45, 2.75) is 39.2 Å². The Balaban J connectivity index is 0. The molecule has 14 heavy (non-hydrogen) atoms. The Bertz CT molecular complexity index is 129. The number of nitrogens with two attached hydrogens (primary N) is 1. The van der Waals surface area contributed by atoms with Gasteiger partial charge in [-0.15, -0.1) is 0 Å². The number of amides is 1. The largest absolute Gasteiger partial charge is 0.368 e. The molecule has 0 aromatic heterocycles. The van der Waals surface area contributed by atoms with Gasteiger partial charge >= 0.3 is 0 Å². The van der Waals surface area contributed by atoms with Crippen LogP contribution in [-0.2, 0) is 4.79 Å². The number of nitrogens with one attached hydrogen (secondary N) is 2. The van der Waals surface area contributed by atoms with Gasteiger partial charge in [0.05, 0.1) is 6.04 Å². The third-order valence-electron chi connectivity index (χ3n) is 1.86. The number of carbonyl (C=O) groups is 1. The zero-order chi connectivity index (χ0) is 11.4. The molecule has 0 saturated heterocycles. The number of hydrogen-bond acceptors (Lipinski definition) is 3. The summed E-state index contributed by atoms with van der Waals surface area (Å²) < 4.78 is 0.